The van der Waals surface area contributed by atoms with Crippen LogP contribution in [0.15, 0.2) is 39.5 Å². The van der Waals surface area contributed by atoms with Crippen molar-refractivity contribution in [3.8, 4) is 23.1 Å². The molecule has 0 radical (unpaired) electrons. The van der Waals surface area contributed by atoms with Crippen molar-refractivity contribution in [1.82, 2.24) is 20.2 Å². The molecule has 4 fully saturated rings. The Morgan fingerprint density at radius 2 is 1.98 bits per heavy atom. The zero-order valence-corrected chi connectivity index (χ0v) is 23.9. The lowest BCUT2D eigenvalue weighted by atomic mass is 9.95. The Kier molecular flexibility index (Phi) is 6.13. The fraction of sp³-hybridized carbons (Fsp3) is 0.469. The predicted molar refractivity (Wildman–Crippen MR) is 158 cm³/mol. The first-order valence-electron chi connectivity index (χ1n) is 15.1. The Labute approximate surface area is 246 Å². The van der Waals surface area contributed by atoms with Crippen molar-refractivity contribution in [2.24, 2.45) is 0 Å². The van der Waals surface area contributed by atoms with Crippen molar-refractivity contribution in [2.45, 2.75) is 62.8 Å². The SMILES string of the molecule is Cc1c(-c2cc(O)cc3cccc(F)c23)oc(=O)c2c(N3CC4CCC(C3)N4)nc(OC[C@@]34CCCN3C[C@H](F)C4)nc12. The smallest absolute Gasteiger partial charge is 0.349 e. The molecule has 2 aromatic heterocycles. The van der Waals surface area contributed by atoms with Crippen LogP contribution in [0.4, 0.5) is 14.6 Å². The van der Waals surface area contributed by atoms with E-state index in [2.05, 4.69) is 15.1 Å². The molecule has 4 saturated heterocycles. The molecule has 2 N–H and O–H groups in total. The third-order valence-corrected chi connectivity index (χ3v) is 9.87. The quantitative estimate of drug-likeness (QED) is 0.349. The van der Waals surface area contributed by atoms with E-state index < -0.39 is 17.6 Å². The van der Waals surface area contributed by atoms with Gasteiger partial charge in [0.25, 0.3) is 0 Å². The number of halogens is 2. The second kappa shape index (κ2) is 9.85. The van der Waals surface area contributed by atoms with Crippen LogP contribution in [-0.4, -0.2) is 76.6 Å². The molecule has 11 heteroatoms. The second-order valence-electron chi connectivity index (χ2n) is 12.6. The van der Waals surface area contributed by atoms with E-state index in [1.165, 1.54) is 18.2 Å². The van der Waals surface area contributed by atoms with Gasteiger partial charge in [-0.25, -0.2) is 13.6 Å². The molecule has 6 heterocycles. The molecular formula is C32H33F2N5O4. The third kappa shape index (κ3) is 4.35. The van der Waals surface area contributed by atoms with Gasteiger partial charge in [-0.2, -0.15) is 9.97 Å². The molecule has 4 aliphatic heterocycles. The monoisotopic (exact) mass is 589 g/mol. The van der Waals surface area contributed by atoms with Crippen LogP contribution in [0.2, 0.25) is 0 Å². The number of aromatic hydroxyl groups is 1. The summed E-state index contributed by atoms with van der Waals surface area (Å²) in [5.41, 5.74) is 0.0718. The largest absolute Gasteiger partial charge is 0.508 e. The summed E-state index contributed by atoms with van der Waals surface area (Å²) in [6.07, 6.45) is 3.45. The maximum Gasteiger partial charge on any atom is 0.349 e. The van der Waals surface area contributed by atoms with Gasteiger partial charge in [0.1, 0.15) is 35.5 Å². The number of aryl methyl sites for hydroxylation is 1. The topological polar surface area (TPSA) is 104 Å². The van der Waals surface area contributed by atoms with Gasteiger partial charge in [0.2, 0.25) is 0 Å². The van der Waals surface area contributed by atoms with Crippen LogP contribution in [0.5, 0.6) is 11.8 Å². The van der Waals surface area contributed by atoms with Crippen molar-refractivity contribution in [3.05, 3.63) is 52.1 Å². The molecule has 4 aliphatic rings. The van der Waals surface area contributed by atoms with Gasteiger partial charge in [0.15, 0.2) is 5.82 Å². The van der Waals surface area contributed by atoms with Crippen molar-refractivity contribution < 1.29 is 23.0 Å². The van der Waals surface area contributed by atoms with Crippen molar-refractivity contribution in [1.29, 1.82) is 0 Å². The minimum absolute atomic E-state index is 0.0814. The molecule has 2 unspecified atom stereocenters. The number of piperazine rings is 1. The number of phenolic OH excluding ortho intramolecular Hbond substituents is 1. The zero-order chi connectivity index (χ0) is 29.5. The summed E-state index contributed by atoms with van der Waals surface area (Å²) in [4.78, 5) is 27.6. The highest BCUT2D eigenvalue weighted by Gasteiger charge is 2.49. The van der Waals surface area contributed by atoms with Gasteiger partial charge in [-0.05, 0) is 62.7 Å². The van der Waals surface area contributed by atoms with Crippen LogP contribution < -0.4 is 20.6 Å². The molecule has 0 aliphatic carbocycles. The van der Waals surface area contributed by atoms with E-state index >= 15 is 4.39 Å². The highest BCUT2D eigenvalue weighted by Crippen LogP contribution is 2.42. The van der Waals surface area contributed by atoms with Crippen LogP contribution in [-0.2, 0) is 0 Å². The average Bonchev–Trinajstić information content (AvgIpc) is 3.63. The molecule has 9 nitrogen and oxygen atoms in total. The molecule has 4 aromatic rings. The number of rotatable bonds is 5. The molecule has 0 spiro atoms. The number of benzene rings is 2. The van der Waals surface area contributed by atoms with Crippen molar-refractivity contribution in [3.63, 3.8) is 0 Å². The van der Waals surface area contributed by atoms with Crippen LogP contribution in [0.25, 0.3) is 33.0 Å². The number of hydrogen-bond acceptors (Lipinski definition) is 9. The van der Waals surface area contributed by atoms with E-state index in [1.807, 2.05) is 0 Å². The first kappa shape index (κ1) is 26.8. The number of alkyl halides is 1. The van der Waals surface area contributed by atoms with Gasteiger partial charge in [0, 0.05) is 54.7 Å². The van der Waals surface area contributed by atoms with E-state index in [0.717, 1.165) is 32.2 Å². The fourth-order valence-corrected chi connectivity index (χ4v) is 7.93. The van der Waals surface area contributed by atoms with Crippen LogP contribution >= 0.6 is 0 Å². The average molecular weight is 590 g/mol. The lowest BCUT2D eigenvalue weighted by molar-refractivity contribution is 0.107. The predicted octanol–water partition coefficient (Wildman–Crippen LogP) is 4.45. The number of nitrogens with one attached hydrogen (secondary N) is 1. The summed E-state index contributed by atoms with van der Waals surface area (Å²) in [5, 5.41) is 15.0. The molecule has 2 aromatic carbocycles. The standard InChI is InChI=1S/C32H33F2N5O4/c1-17-27-26(30(41)43-28(17)23-11-22(40)10-18-4-2-5-24(34)25(18)23)29(38-14-20-6-7-21(15-38)35-20)37-31(36-27)42-16-32-8-3-9-39(32)13-19(33)12-32/h2,4-5,10-11,19-21,35,40H,3,6-9,12-16H2,1H3/t19-,20?,21?,32+/m1/s1. The van der Waals surface area contributed by atoms with E-state index in [9.17, 15) is 14.3 Å². The van der Waals surface area contributed by atoms with Crippen LogP contribution in [0, 0.1) is 12.7 Å². The number of phenols is 1. The summed E-state index contributed by atoms with van der Waals surface area (Å²) in [6.45, 7) is 4.62. The maximum atomic E-state index is 15.2. The highest BCUT2D eigenvalue weighted by atomic mass is 19.1. The molecule has 2 bridgehead atoms. The van der Waals surface area contributed by atoms with Crippen LogP contribution in [0.1, 0.15) is 37.7 Å². The van der Waals surface area contributed by atoms with E-state index in [4.69, 9.17) is 19.1 Å². The van der Waals surface area contributed by atoms with Gasteiger partial charge < -0.3 is 24.5 Å². The lowest BCUT2D eigenvalue weighted by Gasteiger charge is -2.34. The molecular weight excluding hydrogens is 556 g/mol. The first-order chi connectivity index (χ1) is 20.8. The minimum Gasteiger partial charge on any atom is -0.508 e. The lowest BCUT2D eigenvalue weighted by Crippen LogP contribution is -2.51. The molecule has 0 amide bonds. The van der Waals surface area contributed by atoms with Crippen molar-refractivity contribution >= 4 is 27.5 Å². The van der Waals surface area contributed by atoms with Gasteiger partial charge in [0.05, 0.1) is 11.1 Å². The third-order valence-electron chi connectivity index (χ3n) is 9.87. The molecule has 43 heavy (non-hydrogen) atoms. The van der Waals surface area contributed by atoms with Gasteiger partial charge >= 0.3 is 11.6 Å². The summed E-state index contributed by atoms with van der Waals surface area (Å²) in [7, 11) is 0. The number of anilines is 1. The zero-order valence-electron chi connectivity index (χ0n) is 23.9. The Hall–Kier alpha value is -3.83. The summed E-state index contributed by atoms with van der Waals surface area (Å²) in [5.74, 6) is -0.0103. The summed E-state index contributed by atoms with van der Waals surface area (Å²) in [6, 6.07) is 8.14. The second-order valence-corrected chi connectivity index (χ2v) is 12.6. The van der Waals surface area contributed by atoms with E-state index in [-0.39, 0.29) is 58.1 Å². The highest BCUT2D eigenvalue weighted by molar-refractivity contribution is 6.00. The number of fused-ring (bicyclic) bond motifs is 5. The van der Waals surface area contributed by atoms with E-state index in [1.54, 1.807) is 19.1 Å². The Balaban J connectivity index is 1.29. The molecule has 4 atom stereocenters. The van der Waals surface area contributed by atoms with E-state index in [0.29, 0.717) is 48.3 Å². The van der Waals surface area contributed by atoms with Crippen LogP contribution in [0.3, 0.4) is 0 Å². The number of ether oxygens (including phenoxy) is 1. The maximum absolute atomic E-state index is 15.2. The minimum atomic E-state index is -0.889. The normalized spacial score (nSPS) is 27.0. The fourth-order valence-electron chi connectivity index (χ4n) is 7.93. The molecule has 8 rings (SSSR count). The summed E-state index contributed by atoms with van der Waals surface area (Å²) < 4.78 is 41.8. The number of aromatic nitrogens is 2. The molecule has 0 saturated carbocycles. The Bertz CT molecular complexity index is 1820. The first-order valence-corrected chi connectivity index (χ1v) is 15.1. The van der Waals surface area contributed by atoms with Gasteiger partial charge in [-0.15, -0.1) is 0 Å². The summed E-state index contributed by atoms with van der Waals surface area (Å²) >= 11 is 0. The van der Waals surface area contributed by atoms with Gasteiger partial charge in [-0.1, -0.05) is 12.1 Å². The van der Waals surface area contributed by atoms with Gasteiger partial charge in [-0.3, -0.25) is 4.90 Å². The van der Waals surface area contributed by atoms with Crippen molar-refractivity contribution in [2.75, 3.05) is 37.7 Å². The number of hydrogen-bond donors (Lipinski definition) is 2. The molecule has 224 valence electrons. The Morgan fingerprint density at radius 1 is 1.16 bits per heavy atom. The number of nitrogens with zero attached hydrogens (tertiary/aromatic N) is 4. The Morgan fingerprint density at radius 3 is 2.79 bits per heavy atom.